The van der Waals surface area contributed by atoms with Crippen molar-refractivity contribution in [3.8, 4) is 33.9 Å². The molecule has 0 bridgehead atoms. The molecule has 1 aromatic heterocycles. The zero-order chi connectivity index (χ0) is 28.9. The van der Waals surface area contributed by atoms with E-state index in [0.717, 1.165) is 34.9 Å². The van der Waals surface area contributed by atoms with Gasteiger partial charge >= 0.3 is 12.1 Å². The molecule has 1 heterocycles. The zero-order valence-electron chi connectivity index (χ0n) is 22.1. The standard InChI is InChI=1S/C32H25FN2O6/c1-19-29(34-32(38)39-20(2)21-6-4-3-5-7-21)30(41-35-19)24-10-8-22(9-11-24)23-12-15-26(16-13-23)40-28-18-25(33)14-17-27(28)31(36)37/h3-18,20H,1-2H3,(H,34,38)(H,36,37). The van der Waals surface area contributed by atoms with Crippen molar-refractivity contribution >= 4 is 17.7 Å². The zero-order valence-corrected chi connectivity index (χ0v) is 22.1. The lowest BCUT2D eigenvalue weighted by Crippen LogP contribution is -2.16. The highest BCUT2D eigenvalue weighted by Gasteiger charge is 2.20. The lowest BCUT2D eigenvalue weighted by atomic mass is 10.0. The quantitative estimate of drug-likeness (QED) is 0.199. The lowest BCUT2D eigenvalue weighted by molar-refractivity contribution is 0.0694. The van der Waals surface area contributed by atoms with E-state index in [4.69, 9.17) is 14.0 Å². The normalized spacial score (nSPS) is 11.5. The van der Waals surface area contributed by atoms with Crippen LogP contribution < -0.4 is 10.1 Å². The van der Waals surface area contributed by atoms with E-state index in [1.54, 1.807) is 38.1 Å². The Balaban J connectivity index is 1.28. The van der Waals surface area contributed by atoms with Crippen LogP contribution in [0.4, 0.5) is 14.9 Å². The Morgan fingerprint density at radius 3 is 2.20 bits per heavy atom. The van der Waals surface area contributed by atoms with Crippen LogP contribution in [-0.4, -0.2) is 22.3 Å². The minimum absolute atomic E-state index is 0.0835. The fraction of sp³-hybridized carbons (Fsp3) is 0.0938. The Bertz CT molecular complexity index is 1680. The number of hydrogen-bond acceptors (Lipinski definition) is 6. The second kappa shape index (κ2) is 11.7. The van der Waals surface area contributed by atoms with Crippen LogP contribution in [0, 0.1) is 12.7 Å². The van der Waals surface area contributed by atoms with Crippen LogP contribution in [0.5, 0.6) is 11.5 Å². The monoisotopic (exact) mass is 552 g/mol. The van der Waals surface area contributed by atoms with Gasteiger partial charge in [0.05, 0.1) is 0 Å². The van der Waals surface area contributed by atoms with Gasteiger partial charge in [-0.05, 0) is 54.8 Å². The number of ether oxygens (including phenoxy) is 2. The lowest BCUT2D eigenvalue weighted by Gasteiger charge is -2.14. The summed E-state index contributed by atoms with van der Waals surface area (Å²) in [5.74, 6) is -1.14. The van der Waals surface area contributed by atoms with Gasteiger partial charge in [0.2, 0.25) is 0 Å². The van der Waals surface area contributed by atoms with Gasteiger partial charge in [0.15, 0.2) is 5.76 Å². The number of hydrogen-bond donors (Lipinski definition) is 2. The molecule has 9 heteroatoms. The first-order chi connectivity index (χ1) is 19.8. The molecule has 0 spiro atoms. The summed E-state index contributed by atoms with van der Waals surface area (Å²) in [6, 6.07) is 27.1. The van der Waals surface area contributed by atoms with Crippen LogP contribution in [-0.2, 0) is 4.74 Å². The Morgan fingerprint density at radius 1 is 0.902 bits per heavy atom. The predicted molar refractivity (Wildman–Crippen MR) is 151 cm³/mol. The van der Waals surface area contributed by atoms with Gasteiger partial charge in [0.1, 0.15) is 40.4 Å². The molecule has 0 aliphatic heterocycles. The summed E-state index contributed by atoms with van der Waals surface area (Å²) in [5, 5.41) is 16.1. The number of amides is 1. The molecule has 0 fully saturated rings. The Morgan fingerprint density at radius 2 is 1.54 bits per heavy atom. The molecule has 2 N–H and O–H groups in total. The number of rotatable bonds is 8. The maximum absolute atomic E-state index is 13.6. The van der Waals surface area contributed by atoms with Gasteiger partial charge in [-0.25, -0.2) is 14.0 Å². The smallest absolute Gasteiger partial charge is 0.412 e. The van der Waals surface area contributed by atoms with Crippen LogP contribution >= 0.6 is 0 Å². The van der Waals surface area contributed by atoms with Crippen molar-refractivity contribution in [2.75, 3.05) is 5.32 Å². The minimum Gasteiger partial charge on any atom is -0.478 e. The Hall–Kier alpha value is -5.44. The summed E-state index contributed by atoms with van der Waals surface area (Å²) in [6.07, 6.45) is -1.06. The van der Waals surface area contributed by atoms with E-state index in [-0.39, 0.29) is 11.3 Å². The van der Waals surface area contributed by atoms with E-state index >= 15 is 0 Å². The molecule has 41 heavy (non-hydrogen) atoms. The number of halogens is 1. The Labute approximate surface area is 235 Å². The summed E-state index contributed by atoms with van der Waals surface area (Å²) >= 11 is 0. The number of benzene rings is 4. The molecule has 0 radical (unpaired) electrons. The third-order valence-corrected chi connectivity index (χ3v) is 6.38. The van der Waals surface area contributed by atoms with E-state index in [0.29, 0.717) is 28.5 Å². The van der Waals surface area contributed by atoms with E-state index in [1.807, 2.05) is 54.6 Å². The molecule has 1 atom stereocenters. The van der Waals surface area contributed by atoms with Gasteiger partial charge in [-0.2, -0.15) is 0 Å². The number of nitrogens with one attached hydrogen (secondary N) is 1. The van der Waals surface area contributed by atoms with Crippen molar-refractivity contribution in [1.82, 2.24) is 5.16 Å². The average molecular weight is 553 g/mol. The molecular formula is C32H25FN2O6. The number of aromatic nitrogens is 1. The molecule has 1 unspecified atom stereocenters. The number of anilines is 1. The van der Waals surface area contributed by atoms with E-state index in [9.17, 15) is 19.1 Å². The third kappa shape index (κ3) is 6.25. The molecule has 4 aromatic carbocycles. The van der Waals surface area contributed by atoms with Gasteiger partial charge in [-0.15, -0.1) is 0 Å². The number of aromatic carboxylic acids is 1. The number of nitrogens with zero attached hydrogens (tertiary/aromatic N) is 1. The number of carboxylic acid groups (broad SMARTS) is 1. The van der Waals surface area contributed by atoms with Crippen molar-refractivity contribution in [2.45, 2.75) is 20.0 Å². The van der Waals surface area contributed by atoms with Crippen molar-refractivity contribution in [3.05, 3.63) is 120 Å². The first kappa shape index (κ1) is 27.1. The van der Waals surface area contributed by atoms with Crippen molar-refractivity contribution in [1.29, 1.82) is 0 Å². The molecule has 1 amide bonds. The maximum Gasteiger partial charge on any atom is 0.412 e. The molecule has 0 saturated carbocycles. The molecule has 5 aromatic rings. The van der Waals surface area contributed by atoms with Crippen molar-refractivity contribution < 1.29 is 33.1 Å². The molecule has 0 aliphatic rings. The first-order valence-electron chi connectivity index (χ1n) is 12.7. The van der Waals surface area contributed by atoms with Gasteiger partial charge in [-0.1, -0.05) is 71.9 Å². The van der Waals surface area contributed by atoms with Crippen molar-refractivity contribution in [2.24, 2.45) is 0 Å². The summed E-state index contributed by atoms with van der Waals surface area (Å²) in [7, 11) is 0. The number of aryl methyl sites for hydroxylation is 1. The molecule has 5 rings (SSSR count). The fourth-order valence-electron chi connectivity index (χ4n) is 4.21. The highest BCUT2D eigenvalue weighted by Crippen LogP contribution is 2.34. The largest absolute Gasteiger partial charge is 0.478 e. The molecule has 206 valence electrons. The van der Waals surface area contributed by atoms with Crippen LogP contribution in [0.1, 0.15) is 34.6 Å². The SMILES string of the molecule is Cc1noc(-c2ccc(-c3ccc(Oc4cc(F)ccc4C(=O)O)cc3)cc2)c1NC(=O)OC(C)c1ccccc1. The van der Waals surface area contributed by atoms with Gasteiger partial charge in [0, 0.05) is 11.6 Å². The molecule has 0 saturated heterocycles. The van der Waals surface area contributed by atoms with Crippen molar-refractivity contribution in [3.63, 3.8) is 0 Å². The third-order valence-electron chi connectivity index (χ3n) is 6.38. The summed E-state index contributed by atoms with van der Waals surface area (Å²) in [5.41, 5.74) is 4.12. The van der Waals surface area contributed by atoms with Crippen LogP contribution in [0.2, 0.25) is 0 Å². The summed E-state index contributed by atoms with van der Waals surface area (Å²) in [4.78, 5) is 24.0. The minimum atomic E-state index is -1.21. The molecule has 8 nitrogen and oxygen atoms in total. The van der Waals surface area contributed by atoms with Crippen LogP contribution in [0.15, 0.2) is 102 Å². The number of carbonyl (C=O) groups is 2. The number of carbonyl (C=O) groups excluding carboxylic acids is 1. The average Bonchev–Trinajstić information content (AvgIpc) is 3.33. The van der Waals surface area contributed by atoms with Gasteiger partial charge < -0.3 is 19.1 Å². The van der Waals surface area contributed by atoms with E-state index in [2.05, 4.69) is 10.5 Å². The topological polar surface area (TPSA) is 111 Å². The summed E-state index contributed by atoms with van der Waals surface area (Å²) in [6.45, 7) is 3.52. The van der Waals surface area contributed by atoms with Crippen LogP contribution in [0.3, 0.4) is 0 Å². The highest BCUT2D eigenvalue weighted by molar-refractivity contribution is 5.91. The van der Waals surface area contributed by atoms with Gasteiger partial charge in [-0.3, -0.25) is 5.32 Å². The Kier molecular flexibility index (Phi) is 7.78. The summed E-state index contributed by atoms with van der Waals surface area (Å²) < 4.78 is 30.3. The highest BCUT2D eigenvalue weighted by atomic mass is 19.1. The van der Waals surface area contributed by atoms with E-state index in [1.165, 1.54) is 0 Å². The predicted octanol–water partition coefficient (Wildman–Crippen LogP) is 8.26. The van der Waals surface area contributed by atoms with Crippen LogP contribution in [0.25, 0.3) is 22.5 Å². The second-order valence-electron chi connectivity index (χ2n) is 9.20. The maximum atomic E-state index is 13.6. The molecular weight excluding hydrogens is 527 g/mol. The van der Waals surface area contributed by atoms with Gasteiger partial charge in [0.25, 0.3) is 0 Å². The molecule has 0 aliphatic carbocycles. The fourth-order valence-corrected chi connectivity index (χ4v) is 4.21. The number of carboxylic acids is 1. The first-order valence-corrected chi connectivity index (χ1v) is 12.7. The van der Waals surface area contributed by atoms with E-state index < -0.39 is 24.0 Å². The second-order valence-corrected chi connectivity index (χ2v) is 9.20.